The lowest BCUT2D eigenvalue weighted by molar-refractivity contribution is 0.170. The van der Waals surface area contributed by atoms with Crippen molar-refractivity contribution >= 4 is 0 Å². The molecule has 0 saturated carbocycles. The van der Waals surface area contributed by atoms with Crippen molar-refractivity contribution in [3.8, 4) is 11.5 Å². The molecule has 0 aliphatic heterocycles. The lowest BCUT2D eigenvalue weighted by atomic mass is 9.93. The van der Waals surface area contributed by atoms with Gasteiger partial charge in [-0.3, -0.25) is 0 Å². The van der Waals surface area contributed by atoms with E-state index in [0.717, 1.165) is 37.2 Å². The van der Waals surface area contributed by atoms with Crippen LogP contribution in [0.4, 0.5) is 0 Å². The molecule has 0 radical (unpaired) electrons. The van der Waals surface area contributed by atoms with Gasteiger partial charge in [-0.2, -0.15) is 0 Å². The standard InChI is InChI=1S/C16H27NO3/c1-3-11-19-14-8-5-6-9-15(14)20-12-7-10-16(17,4-2)13-18/h5-6,8-9,18H,3-4,7,10-13,17H2,1-2H3. The predicted octanol–water partition coefficient (Wildman–Crippen LogP) is 2.73. The van der Waals surface area contributed by atoms with E-state index in [4.69, 9.17) is 15.2 Å². The van der Waals surface area contributed by atoms with Gasteiger partial charge in [0.25, 0.3) is 0 Å². The van der Waals surface area contributed by atoms with Gasteiger partial charge in [-0.25, -0.2) is 0 Å². The minimum Gasteiger partial charge on any atom is -0.490 e. The highest BCUT2D eigenvalue weighted by molar-refractivity contribution is 5.39. The van der Waals surface area contributed by atoms with Crippen molar-refractivity contribution in [1.82, 2.24) is 0 Å². The topological polar surface area (TPSA) is 64.7 Å². The van der Waals surface area contributed by atoms with Crippen LogP contribution in [0.1, 0.15) is 39.5 Å². The number of hydrogen-bond donors (Lipinski definition) is 2. The average molecular weight is 281 g/mol. The Hall–Kier alpha value is -1.26. The van der Waals surface area contributed by atoms with Crippen LogP contribution in [0.2, 0.25) is 0 Å². The fourth-order valence-corrected chi connectivity index (χ4v) is 1.87. The van der Waals surface area contributed by atoms with Crippen LogP contribution in [-0.2, 0) is 0 Å². The molecule has 114 valence electrons. The molecule has 0 saturated heterocycles. The Labute approximate surface area is 121 Å². The van der Waals surface area contributed by atoms with Crippen LogP contribution in [0.5, 0.6) is 11.5 Å². The first-order chi connectivity index (χ1) is 9.65. The van der Waals surface area contributed by atoms with Gasteiger partial charge in [0.2, 0.25) is 0 Å². The molecule has 4 heteroatoms. The summed E-state index contributed by atoms with van der Waals surface area (Å²) in [6.07, 6.45) is 3.29. The molecule has 1 aromatic rings. The van der Waals surface area contributed by atoms with Crippen LogP contribution in [0, 0.1) is 0 Å². The Morgan fingerprint density at radius 2 is 1.70 bits per heavy atom. The van der Waals surface area contributed by atoms with Gasteiger partial charge >= 0.3 is 0 Å². The number of ether oxygens (including phenoxy) is 2. The molecular weight excluding hydrogens is 254 g/mol. The quantitative estimate of drug-likeness (QED) is 0.647. The van der Waals surface area contributed by atoms with E-state index < -0.39 is 5.54 Å². The summed E-state index contributed by atoms with van der Waals surface area (Å²) in [6, 6.07) is 7.69. The van der Waals surface area contributed by atoms with Gasteiger partial charge in [-0.15, -0.1) is 0 Å². The maximum Gasteiger partial charge on any atom is 0.161 e. The molecule has 1 unspecified atom stereocenters. The average Bonchev–Trinajstić information content (AvgIpc) is 2.50. The number of benzene rings is 1. The minimum absolute atomic E-state index is 0.0136. The molecule has 0 spiro atoms. The van der Waals surface area contributed by atoms with Gasteiger partial charge in [0.1, 0.15) is 0 Å². The second-order valence-corrected chi connectivity index (χ2v) is 5.12. The van der Waals surface area contributed by atoms with Crippen molar-refractivity contribution < 1.29 is 14.6 Å². The van der Waals surface area contributed by atoms with E-state index >= 15 is 0 Å². The molecule has 0 fully saturated rings. The largest absolute Gasteiger partial charge is 0.490 e. The summed E-state index contributed by atoms with van der Waals surface area (Å²) >= 11 is 0. The Balaban J connectivity index is 2.42. The van der Waals surface area contributed by atoms with Crippen molar-refractivity contribution in [2.45, 2.75) is 45.1 Å². The number of para-hydroxylation sites is 2. The van der Waals surface area contributed by atoms with Crippen molar-refractivity contribution in [3.63, 3.8) is 0 Å². The Kier molecular flexibility index (Phi) is 7.41. The van der Waals surface area contributed by atoms with Crippen LogP contribution in [0.15, 0.2) is 24.3 Å². The summed E-state index contributed by atoms with van der Waals surface area (Å²) in [5.41, 5.74) is 5.56. The van der Waals surface area contributed by atoms with Gasteiger partial charge in [0.05, 0.1) is 19.8 Å². The fraction of sp³-hybridized carbons (Fsp3) is 0.625. The van der Waals surface area contributed by atoms with Gasteiger partial charge in [0.15, 0.2) is 11.5 Å². The summed E-state index contributed by atoms with van der Waals surface area (Å²) in [5.74, 6) is 1.55. The molecule has 1 aromatic carbocycles. The monoisotopic (exact) mass is 281 g/mol. The summed E-state index contributed by atoms with van der Waals surface area (Å²) < 4.78 is 11.4. The molecule has 3 N–H and O–H groups in total. The molecule has 20 heavy (non-hydrogen) atoms. The Morgan fingerprint density at radius 1 is 1.10 bits per heavy atom. The van der Waals surface area contributed by atoms with Crippen LogP contribution >= 0.6 is 0 Å². The maximum atomic E-state index is 9.26. The molecular formula is C16H27NO3. The first kappa shape index (κ1) is 16.8. The molecule has 0 amide bonds. The predicted molar refractivity (Wildman–Crippen MR) is 81.3 cm³/mol. The van der Waals surface area contributed by atoms with Gasteiger partial charge in [-0.1, -0.05) is 26.0 Å². The number of aliphatic hydroxyl groups excluding tert-OH is 1. The van der Waals surface area contributed by atoms with Crippen molar-refractivity contribution in [2.24, 2.45) is 5.73 Å². The number of aliphatic hydroxyl groups is 1. The molecule has 0 aliphatic rings. The second kappa shape index (κ2) is 8.82. The molecule has 1 rings (SSSR count). The number of rotatable bonds is 10. The van der Waals surface area contributed by atoms with Crippen molar-refractivity contribution in [1.29, 1.82) is 0 Å². The third-order valence-electron chi connectivity index (χ3n) is 3.41. The number of nitrogens with two attached hydrogens (primary N) is 1. The lowest BCUT2D eigenvalue weighted by Crippen LogP contribution is -2.43. The van der Waals surface area contributed by atoms with Gasteiger partial charge in [0, 0.05) is 5.54 Å². The van der Waals surface area contributed by atoms with Crippen molar-refractivity contribution in [2.75, 3.05) is 19.8 Å². The SMILES string of the molecule is CCCOc1ccccc1OCCCC(N)(CC)CO. The van der Waals surface area contributed by atoms with Crippen LogP contribution in [0.25, 0.3) is 0 Å². The zero-order chi connectivity index (χ0) is 14.8. The van der Waals surface area contributed by atoms with Crippen LogP contribution in [0.3, 0.4) is 0 Å². The summed E-state index contributed by atoms with van der Waals surface area (Å²) in [7, 11) is 0. The van der Waals surface area contributed by atoms with E-state index in [1.165, 1.54) is 0 Å². The molecule has 1 atom stereocenters. The van der Waals surface area contributed by atoms with Crippen LogP contribution in [-0.4, -0.2) is 30.5 Å². The Bertz CT molecular complexity index is 378. The van der Waals surface area contributed by atoms with Crippen LogP contribution < -0.4 is 15.2 Å². The zero-order valence-corrected chi connectivity index (χ0v) is 12.6. The highest BCUT2D eigenvalue weighted by atomic mass is 16.5. The van der Waals surface area contributed by atoms with E-state index in [-0.39, 0.29) is 6.61 Å². The number of hydrogen-bond acceptors (Lipinski definition) is 4. The molecule has 0 heterocycles. The van der Waals surface area contributed by atoms with E-state index in [0.29, 0.717) is 13.2 Å². The lowest BCUT2D eigenvalue weighted by Gasteiger charge is -2.25. The fourth-order valence-electron chi connectivity index (χ4n) is 1.87. The van der Waals surface area contributed by atoms with E-state index in [9.17, 15) is 5.11 Å². The second-order valence-electron chi connectivity index (χ2n) is 5.12. The first-order valence-corrected chi connectivity index (χ1v) is 7.39. The zero-order valence-electron chi connectivity index (χ0n) is 12.6. The summed E-state index contributed by atoms with van der Waals surface area (Å²) in [4.78, 5) is 0. The van der Waals surface area contributed by atoms with Crippen molar-refractivity contribution in [3.05, 3.63) is 24.3 Å². The molecule has 0 aromatic heterocycles. The maximum absolute atomic E-state index is 9.26. The molecule has 0 bridgehead atoms. The normalized spacial score (nSPS) is 13.8. The molecule has 0 aliphatic carbocycles. The smallest absolute Gasteiger partial charge is 0.161 e. The third kappa shape index (κ3) is 5.39. The third-order valence-corrected chi connectivity index (χ3v) is 3.41. The summed E-state index contributed by atoms with van der Waals surface area (Å²) in [5, 5.41) is 9.26. The highest BCUT2D eigenvalue weighted by Crippen LogP contribution is 2.27. The van der Waals surface area contributed by atoms with Gasteiger partial charge in [-0.05, 0) is 37.8 Å². The highest BCUT2D eigenvalue weighted by Gasteiger charge is 2.20. The van der Waals surface area contributed by atoms with E-state index in [1.807, 2.05) is 31.2 Å². The summed E-state index contributed by atoms with van der Waals surface area (Å²) in [6.45, 7) is 5.34. The Morgan fingerprint density at radius 3 is 2.20 bits per heavy atom. The minimum atomic E-state index is -0.485. The van der Waals surface area contributed by atoms with E-state index in [1.54, 1.807) is 0 Å². The van der Waals surface area contributed by atoms with Gasteiger partial charge < -0.3 is 20.3 Å². The molecule has 4 nitrogen and oxygen atoms in total. The van der Waals surface area contributed by atoms with E-state index in [2.05, 4.69) is 6.92 Å². The first-order valence-electron chi connectivity index (χ1n) is 7.39.